The van der Waals surface area contributed by atoms with Gasteiger partial charge in [0.25, 0.3) is 17.1 Å². The Morgan fingerprint density at radius 3 is 2.09 bits per heavy atom. The topological polar surface area (TPSA) is 75.7 Å². The van der Waals surface area contributed by atoms with Gasteiger partial charge in [-0.15, -0.1) is 0 Å². The molecule has 0 radical (unpaired) electrons. The molecule has 1 saturated heterocycles. The van der Waals surface area contributed by atoms with E-state index in [0.29, 0.717) is 10.7 Å². The molecule has 2 heterocycles. The van der Waals surface area contributed by atoms with E-state index in [2.05, 4.69) is 5.32 Å². The van der Waals surface area contributed by atoms with Crippen LogP contribution in [0.3, 0.4) is 0 Å². The van der Waals surface area contributed by atoms with Gasteiger partial charge in [-0.05, 0) is 59.8 Å². The summed E-state index contributed by atoms with van der Waals surface area (Å²) in [6, 6.07) is 22.6. The highest BCUT2D eigenvalue weighted by Crippen LogP contribution is 2.47. The van der Waals surface area contributed by atoms with Crippen molar-refractivity contribution >= 4 is 58.0 Å². The summed E-state index contributed by atoms with van der Waals surface area (Å²) in [5.74, 6) is -0.0341. The van der Waals surface area contributed by atoms with Crippen molar-refractivity contribution in [2.75, 3.05) is 11.5 Å². The van der Waals surface area contributed by atoms with Crippen molar-refractivity contribution in [1.82, 2.24) is 5.32 Å². The quantitative estimate of drug-likeness (QED) is 0.538. The maximum atomic E-state index is 13.2. The third kappa shape index (κ3) is 4.02. The number of rotatable bonds is 4. The normalized spacial score (nSPS) is 15.9. The molecule has 158 valence electrons. The number of nitrogens with zero attached hydrogens (tertiary/aromatic N) is 1. The Balaban J connectivity index is 1.31. The highest BCUT2D eigenvalue weighted by Gasteiger charge is 2.28. The van der Waals surface area contributed by atoms with Crippen LogP contribution >= 0.6 is 23.5 Å². The van der Waals surface area contributed by atoms with Crippen LogP contribution in [0.4, 0.5) is 16.2 Å². The predicted octanol–water partition coefficient (Wildman–Crippen LogP) is 5.22. The number of anilines is 2. The van der Waals surface area contributed by atoms with Crippen molar-refractivity contribution in [2.24, 2.45) is 0 Å². The van der Waals surface area contributed by atoms with Crippen LogP contribution in [0, 0.1) is 0 Å². The summed E-state index contributed by atoms with van der Waals surface area (Å²) in [7, 11) is 0. The molecule has 2 aliphatic heterocycles. The lowest BCUT2D eigenvalue weighted by atomic mass is 10.2. The molecule has 0 spiro atoms. The summed E-state index contributed by atoms with van der Waals surface area (Å²) in [5.41, 5.74) is 2.44. The molecule has 8 heteroatoms. The lowest BCUT2D eigenvalue weighted by Crippen LogP contribution is -2.32. The average molecular weight is 461 g/mol. The second-order valence-electron chi connectivity index (χ2n) is 6.98. The van der Waals surface area contributed by atoms with Gasteiger partial charge < -0.3 is 4.74 Å². The van der Waals surface area contributed by atoms with Crippen LogP contribution in [-0.4, -0.2) is 23.7 Å². The number of imide groups is 1. The van der Waals surface area contributed by atoms with Crippen LogP contribution in [0.1, 0.15) is 5.56 Å². The molecule has 0 unspecified atom stereocenters. The van der Waals surface area contributed by atoms with Crippen molar-refractivity contribution in [3.05, 3.63) is 83.3 Å². The fourth-order valence-electron chi connectivity index (χ4n) is 3.42. The van der Waals surface area contributed by atoms with Gasteiger partial charge in [0.15, 0.2) is 6.61 Å². The summed E-state index contributed by atoms with van der Waals surface area (Å²) >= 11 is 2.51. The van der Waals surface area contributed by atoms with Crippen molar-refractivity contribution < 1.29 is 19.1 Å². The zero-order valence-electron chi connectivity index (χ0n) is 16.6. The summed E-state index contributed by atoms with van der Waals surface area (Å²) in [6.07, 6.45) is 1.64. The van der Waals surface area contributed by atoms with E-state index < -0.39 is 5.91 Å². The number of hydrogen-bond acceptors (Lipinski definition) is 6. The summed E-state index contributed by atoms with van der Waals surface area (Å²) in [5, 5.41) is 1.85. The second-order valence-corrected chi connectivity index (χ2v) is 9.08. The fourth-order valence-corrected chi connectivity index (χ4v) is 5.16. The smallest absolute Gasteiger partial charge is 0.290 e. The van der Waals surface area contributed by atoms with Gasteiger partial charge >= 0.3 is 0 Å². The van der Waals surface area contributed by atoms with E-state index in [4.69, 9.17) is 4.74 Å². The lowest BCUT2D eigenvalue weighted by molar-refractivity contribution is -0.120. The molecular formula is C24H16N2O4S2. The van der Waals surface area contributed by atoms with Crippen LogP contribution in [0.5, 0.6) is 5.75 Å². The van der Waals surface area contributed by atoms with Crippen LogP contribution < -0.4 is 15.0 Å². The first-order valence-corrected chi connectivity index (χ1v) is 11.4. The van der Waals surface area contributed by atoms with Gasteiger partial charge in [-0.25, -0.2) is 0 Å². The van der Waals surface area contributed by atoms with E-state index in [9.17, 15) is 14.4 Å². The van der Waals surface area contributed by atoms with E-state index in [1.54, 1.807) is 47.0 Å². The minimum atomic E-state index is -0.397. The molecule has 3 aromatic rings. The number of carbonyl (C=O) groups is 3. The van der Waals surface area contributed by atoms with Gasteiger partial charge in [0.05, 0.1) is 16.3 Å². The minimum absolute atomic E-state index is 0.124. The molecule has 1 fully saturated rings. The number of thioether (sulfide) groups is 1. The Morgan fingerprint density at radius 2 is 1.50 bits per heavy atom. The van der Waals surface area contributed by atoms with Gasteiger partial charge in [0.2, 0.25) is 0 Å². The zero-order chi connectivity index (χ0) is 22.1. The van der Waals surface area contributed by atoms with Crippen LogP contribution in [0.15, 0.2) is 87.5 Å². The molecule has 0 aromatic heterocycles. The molecule has 0 aliphatic carbocycles. The largest absolute Gasteiger partial charge is 0.484 e. The highest BCUT2D eigenvalue weighted by atomic mass is 32.2. The number of carbonyl (C=O) groups excluding carboxylic acids is 3. The average Bonchev–Trinajstić information content (AvgIpc) is 3.13. The Kier molecular flexibility index (Phi) is 5.46. The highest BCUT2D eigenvalue weighted by molar-refractivity contribution is 8.18. The molecule has 0 bridgehead atoms. The van der Waals surface area contributed by atoms with Gasteiger partial charge in [-0.1, -0.05) is 48.2 Å². The molecule has 5 rings (SSSR count). The van der Waals surface area contributed by atoms with E-state index >= 15 is 0 Å². The molecule has 6 nitrogen and oxygen atoms in total. The first-order chi connectivity index (χ1) is 15.6. The number of para-hydroxylation sites is 2. The Hall–Kier alpha value is -3.49. The lowest BCUT2D eigenvalue weighted by Gasteiger charge is -2.30. The fraction of sp³-hybridized carbons (Fsp3) is 0.0417. The maximum absolute atomic E-state index is 13.2. The van der Waals surface area contributed by atoms with Gasteiger partial charge in [0.1, 0.15) is 5.75 Å². The molecule has 0 saturated carbocycles. The van der Waals surface area contributed by atoms with Crippen LogP contribution in [0.2, 0.25) is 0 Å². The monoisotopic (exact) mass is 460 g/mol. The minimum Gasteiger partial charge on any atom is -0.484 e. The second kappa shape index (κ2) is 8.57. The van der Waals surface area contributed by atoms with E-state index in [1.807, 2.05) is 48.5 Å². The zero-order valence-corrected chi connectivity index (χ0v) is 18.2. The molecule has 3 aromatic carbocycles. The molecule has 2 aliphatic rings. The standard InChI is InChI=1S/C24H16N2O4S2/c27-22(26-17-5-1-3-7-19(17)31-20-8-4-2-6-18(20)26)14-30-16-11-9-15(10-12-16)13-21-23(28)25-24(29)32-21/h1-13H,14H2,(H,25,28,29)/b21-13-. The Morgan fingerprint density at radius 1 is 0.875 bits per heavy atom. The summed E-state index contributed by atoms with van der Waals surface area (Å²) in [4.78, 5) is 40.2. The van der Waals surface area contributed by atoms with Crippen molar-refractivity contribution in [1.29, 1.82) is 0 Å². The van der Waals surface area contributed by atoms with Crippen molar-refractivity contribution in [2.45, 2.75) is 9.79 Å². The van der Waals surface area contributed by atoms with Gasteiger partial charge in [-0.3, -0.25) is 24.6 Å². The number of fused-ring (bicyclic) bond motifs is 2. The third-order valence-corrected chi connectivity index (χ3v) is 6.80. The predicted molar refractivity (Wildman–Crippen MR) is 125 cm³/mol. The first-order valence-electron chi connectivity index (χ1n) is 9.75. The first kappa shape index (κ1) is 20.4. The Labute approximate surface area is 192 Å². The molecular weight excluding hydrogens is 444 g/mol. The Bertz CT molecular complexity index is 1230. The van der Waals surface area contributed by atoms with E-state index in [-0.39, 0.29) is 17.8 Å². The maximum Gasteiger partial charge on any atom is 0.290 e. The van der Waals surface area contributed by atoms with Gasteiger partial charge in [-0.2, -0.15) is 0 Å². The molecule has 1 N–H and O–H groups in total. The number of nitrogens with one attached hydrogen (secondary N) is 1. The summed E-state index contributed by atoms with van der Waals surface area (Å²) < 4.78 is 5.76. The molecule has 32 heavy (non-hydrogen) atoms. The summed E-state index contributed by atoms with van der Waals surface area (Å²) in [6.45, 7) is -0.124. The number of benzene rings is 3. The van der Waals surface area contributed by atoms with E-state index in [1.165, 1.54) is 0 Å². The number of amides is 3. The van der Waals surface area contributed by atoms with Gasteiger partial charge in [0, 0.05) is 9.79 Å². The SMILES string of the molecule is O=C1NC(=O)/C(=C/c2ccc(OCC(=O)N3c4ccccc4Sc4ccccc43)cc2)S1. The van der Waals surface area contributed by atoms with Crippen molar-refractivity contribution in [3.8, 4) is 5.75 Å². The van der Waals surface area contributed by atoms with E-state index in [0.717, 1.165) is 38.5 Å². The van der Waals surface area contributed by atoms with Crippen LogP contribution in [-0.2, 0) is 9.59 Å². The van der Waals surface area contributed by atoms with Crippen LogP contribution in [0.25, 0.3) is 6.08 Å². The molecule has 0 atom stereocenters. The van der Waals surface area contributed by atoms with Crippen molar-refractivity contribution in [3.63, 3.8) is 0 Å². The number of hydrogen-bond donors (Lipinski definition) is 1. The third-order valence-electron chi connectivity index (χ3n) is 4.86. The molecule has 3 amide bonds. The number of ether oxygens (including phenoxy) is 1.